The standard InChI is InChI=1S/C38H54O7/c1-3-5-6-7-8-9-10-11-12-13-14-15-22-27-34(39)42-30-33(41-4-2)35-36(43-28-31-23-18-16-19-24-31)37(38(40)45-35)44-29-32-25-20-17-21-26-32/h16-21,23-26,33,35H,3-15,22,27-30H2,1-2H3/t33-,35+/m0/s1. The molecular formula is C38H54O7. The zero-order valence-corrected chi connectivity index (χ0v) is 27.5. The monoisotopic (exact) mass is 622 g/mol. The Morgan fingerprint density at radius 3 is 1.76 bits per heavy atom. The highest BCUT2D eigenvalue weighted by molar-refractivity contribution is 5.89. The van der Waals surface area contributed by atoms with Crippen molar-refractivity contribution in [2.75, 3.05) is 13.2 Å². The second-order valence-electron chi connectivity index (χ2n) is 11.7. The molecule has 0 aliphatic carbocycles. The molecule has 2 aromatic rings. The summed E-state index contributed by atoms with van der Waals surface area (Å²) >= 11 is 0. The van der Waals surface area contributed by atoms with Crippen LogP contribution in [0.4, 0.5) is 0 Å². The van der Waals surface area contributed by atoms with Gasteiger partial charge in [0.2, 0.25) is 5.76 Å². The van der Waals surface area contributed by atoms with Crippen LogP contribution in [0.15, 0.2) is 72.2 Å². The van der Waals surface area contributed by atoms with Crippen molar-refractivity contribution in [1.29, 1.82) is 0 Å². The number of cyclic esters (lactones) is 1. The molecule has 2 aromatic carbocycles. The van der Waals surface area contributed by atoms with E-state index in [1.807, 2.05) is 67.6 Å². The number of benzene rings is 2. The minimum atomic E-state index is -0.893. The third-order valence-corrected chi connectivity index (χ3v) is 7.98. The average molecular weight is 623 g/mol. The lowest BCUT2D eigenvalue weighted by atomic mass is 10.0. The molecule has 0 N–H and O–H groups in total. The molecule has 1 aliphatic rings. The quantitative estimate of drug-likeness (QED) is 0.0807. The fraction of sp³-hybridized carbons (Fsp3) is 0.579. The Bertz CT molecular complexity index is 1120. The normalized spacial score (nSPS) is 15.2. The predicted octanol–water partition coefficient (Wildman–Crippen LogP) is 8.99. The van der Waals surface area contributed by atoms with Gasteiger partial charge in [0.25, 0.3) is 0 Å². The largest absolute Gasteiger partial charge is 0.485 e. The second kappa shape index (κ2) is 22.2. The summed E-state index contributed by atoms with van der Waals surface area (Å²) in [6.07, 6.45) is 15.0. The minimum absolute atomic E-state index is 0.0165. The molecule has 0 radical (unpaired) electrons. The Labute approximate surface area is 270 Å². The van der Waals surface area contributed by atoms with Gasteiger partial charge in [0.15, 0.2) is 11.9 Å². The Hall–Kier alpha value is -3.32. The van der Waals surface area contributed by atoms with E-state index in [0.29, 0.717) is 13.0 Å². The van der Waals surface area contributed by atoms with E-state index < -0.39 is 18.2 Å². The summed E-state index contributed by atoms with van der Waals surface area (Å²) in [4.78, 5) is 25.6. The number of unbranched alkanes of at least 4 members (excludes halogenated alkanes) is 12. The third-order valence-electron chi connectivity index (χ3n) is 7.98. The molecule has 7 nitrogen and oxygen atoms in total. The summed E-state index contributed by atoms with van der Waals surface area (Å²) in [7, 11) is 0. The molecule has 7 heteroatoms. The van der Waals surface area contributed by atoms with Crippen molar-refractivity contribution in [3.05, 3.63) is 83.3 Å². The first kappa shape index (κ1) is 36.2. The van der Waals surface area contributed by atoms with E-state index in [-0.39, 0.29) is 37.3 Å². The number of ether oxygens (including phenoxy) is 5. The molecule has 2 atom stereocenters. The molecule has 0 unspecified atom stereocenters. The van der Waals surface area contributed by atoms with Gasteiger partial charge in [0.1, 0.15) is 25.9 Å². The molecule has 0 fully saturated rings. The van der Waals surface area contributed by atoms with E-state index in [1.54, 1.807) is 0 Å². The molecule has 0 saturated carbocycles. The molecular weight excluding hydrogens is 568 g/mol. The van der Waals surface area contributed by atoms with Crippen LogP contribution in [-0.4, -0.2) is 37.4 Å². The van der Waals surface area contributed by atoms with Gasteiger partial charge < -0.3 is 23.7 Å². The molecule has 0 bridgehead atoms. The van der Waals surface area contributed by atoms with Gasteiger partial charge in [-0.1, -0.05) is 145 Å². The van der Waals surface area contributed by atoms with Crippen LogP contribution in [0.25, 0.3) is 0 Å². The number of hydrogen-bond donors (Lipinski definition) is 0. The zero-order valence-electron chi connectivity index (χ0n) is 27.5. The number of rotatable bonds is 25. The second-order valence-corrected chi connectivity index (χ2v) is 11.7. The van der Waals surface area contributed by atoms with Crippen molar-refractivity contribution in [3.63, 3.8) is 0 Å². The topological polar surface area (TPSA) is 80.3 Å². The van der Waals surface area contributed by atoms with Gasteiger partial charge in [-0.2, -0.15) is 0 Å². The smallest absolute Gasteiger partial charge is 0.378 e. The molecule has 3 rings (SSSR count). The van der Waals surface area contributed by atoms with Crippen molar-refractivity contribution in [2.24, 2.45) is 0 Å². The molecule has 1 heterocycles. The number of esters is 2. The molecule has 45 heavy (non-hydrogen) atoms. The van der Waals surface area contributed by atoms with Crippen LogP contribution >= 0.6 is 0 Å². The molecule has 0 saturated heterocycles. The van der Waals surface area contributed by atoms with Gasteiger partial charge in [0, 0.05) is 13.0 Å². The maximum atomic E-state index is 13.0. The summed E-state index contributed by atoms with van der Waals surface area (Å²) in [5.41, 5.74) is 1.84. The van der Waals surface area contributed by atoms with Crippen molar-refractivity contribution >= 4 is 11.9 Å². The Kier molecular flexibility index (Phi) is 17.9. The highest BCUT2D eigenvalue weighted by Crippen LogP contribution is 2.30. The lowest BCUT2D eigenvalue weighted by Crippen LogP contribution is -2.37. The lowest BCUT2D eigenvalue weighted by molar-refractivity contribution is -0.159. The van der Waals surface area contributed by atoms with Crippen LogP contribution in [0.1, 0.15) is 115 Å². The maximum absolute atomic E-state index is 13.0. The zero-order chi connectivity index (χ0) is 32.0. The van der Waals surface area contributed by atoms with E-state index in [4.69, 9.17) is 23.7 Å². The molecule has 0 aromatic heterocycles. The summed E-state index contributed by atoms with van der Waals surface area (Å²) in [5, 5.41) is 0. The van der Waals surface area contributed by atoms with Crippen LogP contribution < -0.4 is 0 Å². The lowest BCUT2D eigenvalue weighted by Gasteiger charge is -2.24. The highest BCUT2D eigenvalue weighted by atomic mass is 16.6. The van der Waals surface area contributed by atoms with Crippen molar-refractivity contribution in [1.82, 2.24) is 0 Å². The van der Waals surface area contributed by atoms with E-state index in [1.165, 1.54) is 64.2 Å². The SMILES string of the molecule is CCCCCCCCCCCCCCCC(=O)OC[C@H](OCC)[C@H]1OC(=O)C(OCc2ccccc2)=C1OCc1ccccc1. The first-order chi connectivity index (χ1) is 22.1. The van der Waals surface area contributed by atoms with Crippen LogP contribution in [0.3, 0.4) is 0 Å². The summed E-state index contributed by atoms with van der Waals surface area (Å²) in [5.74, 6) is -0.626. The third kappa shape index (κ3) is 14.1. The Balaban J connectivity index is 1.45. The van der Waals surface area contributed by atoms with E-state index >= 15 is 0 Å². The molecule has 248 valence electrons. The number of hydrogen-bond acceptors (Lipinski definition) is 7. The van der Waals surface area contributed by atoms with Gasteiger partial charge in [-0.05, 0) is 24.5 Å². The number of carbonyl (C=O) groups is 2. The molecule has 1 aliphatic heterocycles. The maximum Gasteiger partial charge on any atom is 0.378 e. The average Bonchev–Trinajstić information content (AvgIpc) is 3.38. The molecule has 0 amide bonds. The summed E-state index contributed by atoms with van der Waals surface area (Å²) in [6, 6.07) is 19.2. The summed E-state index contributed by atoms with van der Waals surface area (Å²) in [6.45, 7) is 4.81. The minimum Gasteiger partial charge on any atom is -0.485 e. The first-order valence-electron chi connectivity index (χ1n) is 17.2. The van der Waals surface area contributed by atoms with Crippen LogP contribution in [0.2, 0.25) is 0 Å². The Morgan fingerprint density at radius 1 is 0.711 bits per heavy atom. The van der Waals surface area contributed by atoms with Crippen LogP contribution in [0.5, 0.6) is 0 Å². The molecule has 0 spiro atoms. The van der Waals surface area contributed by atoms with E-state index in [2.05, 4.69) is 6.92 Å². The van der Waals surface area contributed by atoms with Gasteiger partial charge in [0.05, 0.1) is 0 Å². The van der Waals surface area contributed by atoms with Gasteiger partial charge in [-0.15, -0.1) is 0 Å². The van der Waals surface area contributed by atoms with Crippen LogP contribution in [0, 0.1) is 0 Å². The van der Waals surface area contributed by atoms with Crippen LogP contribution in [-0.2, 0) is 46.5 Å². The fourth-order valence-electron chi connectivity index (χ4n) is 5.41. The highest BCUT2D eigenvalue weighted by Gasteiger charge is 2.43. The first-order valence-corrected chi connectivity index (χ1v) is 17.2. The van der Waals surface area contributed by atoms with Gasteiger partial charge in [-0.25, -0.2) is 4.79 Å². The fourth-order valence-corrected chi connectivity index (χ4v) is 5.41. The Morgan fingerprint density at radius 2 is 1.22 bits per heavy atom. The summed E-state index contributed by atoms with van der Waals surface area (Å²) < 4.78 is 29.3. The van der Waals surface area contributed by atoms with E-state index in [9.17, 15) is 9.59 Å². The van der Waals surface area contributed by atoms with E-state index in [0.717, 1.165) is 30.4 Å². The van der Waals surface area contributed by atoms with Crippen molar-refractivity contribution in [2.45, 2.75) is 129 Å². The van der Waals surface area contributed by atoms with Gasteiger partial charge in [-0.3, -0.25) is 4.79 Å². The number of carbonyl (C=O) groups excluding carboxylic acids is 2. The van der Waals surface area contributed by atoms with Crippen molar-refractivity contribution < 1.29 is 33.3 Å². The predicted molar refractivity (Wildman–Crippen MR) is 176 cm³/mol. The van der Waals surface area contributed by atoms with Gasteiger partial charge >= 0.3 is 11.9 Å². The van der Waals surface area contributed by atoms with Crippen molar-refractivity contribution in [3.8, 4) is 0 Å².